The number of rotatable bonds is 9. The summed E-state index contributed by atoms with van der Waals surface area (Å²) in [4.78, 5) is 27.0. The van der Waals surface area contributed by atoms with Crippen LogP contribution in [0.4, 0.5) is 30.4 Å². The molecule has 43 heavy (non-hydrogen) atoms. The summed E-state index contributed by atoms with van der Waals surface area (Å²) in [5.74, 6) is 0.583. The van der Waals surface area contributed by atoms with Crippen molar-refractivity contribution in [3.63, 3.8) is 0 Å². The lowest BCUT2D eigenvalue weighted by Gasteiger charge is -2.36. The van der Waals surface area contributed by atoms with Gasteiger partial charge in [-0.3, -0.25) is 9.79 Å². The summed E-state index contributed by atoms with van der Waals surface area (Å²) >= 11 is 0. The lowest BCUT2D eigenvalue weighted by molar-refractivity contribution is -0.161. The topological polar surface area (TPSA) is 93.4 Å². The third-order valence-corrected chi connectivity index (χ3v) is 6.19. The molecule has 1 aliphatic heterocycles. The molecule has 11 heteroatoms. The molecule has 0 saturated carbocycles. The quantitative estimate of drug-likeness (QED) is 0.243. The Kier molecular flexibility index (Phi) is 13.3. The number of aromatic nitrogens is 1. The van der Waals surface area contributed by atoms with Gasteiger partial charge >= 0.3 is 6.18 Å². The van der Waals surface area contributed by atoms with E-state index in [0.717, 1.165) is 27.7 Å². The maximum atomic E-state index is 12.4. The summed E-state index contributed by atoms with van der Waals surface area (Å²) in [5, 5.41) is 13.0. The van der Waals surface area contributed by atoms with E-state index in [1.807, 2.05) is 70.2 Å². The molecule has 1 aliphatic rings. The number of nitrogens with zero attached hydrogens (tertiary/aromatic N) is 5. The number of benzene rings is 1. The van der Waals surface area contributed by atoms with Crippen LogP contribution in [0.25, 0.3) is 0 Å². The zero-order valence-corrected chi connectivity index (χ0v) is 25.6. The van der Waals surface area contributed by atoms with Gasteiger partial charge in [0.25, 0.3) is 0 Å². The Balaban J connectivity index is 0.000000301. The average Bonchev–Trinajstić information content (AvgIpc) is 2.92. The predicted molar refractivity (Wildman–Crippen MR) is 169 cm³/mol. The number of carbonyl (C=O) groups excluding carboxylic acids is 1. The number of nitrogens with one attached hydrogen (secondary N) is 1. The highest BCUT2D eigenvalue weighted by Gasteiger charge is 2.36. The van der Waals surface area contributed by atoms with Crippen molar-refractivity contribution in [2.75, 3.05) is 36.4 Å². The summed E-state index contributed by atoms with van der Waals surface area (Å²) in [6.45, 7) is 13.8. The van der Waals surface area contributed by atoms with Crippen LogP contribution >= 0.6 is 0 Å². The number of carbonyl (C=O) groups is 1. The number of aliphatic imine (C=N–C) groups is 2. The summed E-state index contributed by atoms with van der Waals surface area (Å²) in [7, 11) is 0. The number of anilines is 2. The molecule has 1 saturated heterocycles. The molecule has 1 unspecified atom stereocenters. The smallest absolute Gasteiger partial charge is 0.389 e. The molecular weight excluding hydrogens is 557 g/mol. The van der Waals surface area contributed by atoms with Gasteiger partial charge in [-0.2, -0.15) is 13.2 Å². The number of alkyl halides is 3. The van der Waals surface area contributed by atoms with E-state index in [-0.39, 0.29) is 19.6 Å². The number of hydrogen-bond acceptors (Lipinski definition) is 7. The number of amides is 1. The summed E-state index contributed by atoms with van der Waals surface area (Å²) in [6, 6.07) is 9.47. The number of aliphatic hydroxyl groups is 1. The Morgan fingerprint density at radius 2 is 1.91 bits per heavy atom. The first kappa shape index (κ1) is 34.9. The van der Waals surface area contributed by atoms with E-state index < -0.39 is 24.7 Å². The summed E-state index contributed by atoms with van der Waals surface area (Å²) in [6.07, 6.45) is 4.39. The van der Waals surface area contributed by atoms with Crippen LogP contribution in [-0.2, 0) is 4.79 Å². The minimum Gasteiger partial charge on any atom is -0.389 e. The van der Waals surface area contributed by atoms with Gasteiger partial charge in [0.15, 0.2) is 0 Å². The molecule has 0 aliphatic carbocycles. The normalized spacial score (nSPS) is 14.9. The Morgan fingerprint density at radius 3 is 2.47 bits per heavy atom. The fourth-order valence-corrected chi connectivity index (χ4v) is 4.02. The fourth-order valence-electron chi connectivity index (χ4n) is 4.02. The maximum absolute atomic E-state index is 12.4. The monoisotopic (exact) mass is 598 g/mol. The SMILES string of the molecule is C=N/C(=C\C=C(C)C)Nc1ccc(N=C/C=C\C)c(C)c1.Cc1ccc(C(C)O)c(N2CCN(CC(F)(F)F)C(=O)C2)n1. The second-order valence-corrected chi connectivity index (χ2v) is 10.3. The highest BCUT2D eigenvalue weighted by atomic mass is 19.4. The zero-order chi connectivity index (χ0) is 32.2. The van der Waals surface area contributed by atoms with Crippen LogP contribution in [-0.4, -0.2) is 66.2 Å². The molecule has 1 amide bonds. The first-order valence-corrected chi connectivity index (χ1v) is 13.8. The molecule has 2 aromatic rings. The number of piperazine rings is 1. The van der Waals surface area contributed by atoms with E-state index in [1.54, 1.807) is 37.1 Å². The molecule has 1 aromatic heterocycles. The van der Waals surface area contributed by atoms with Gasteiger partial charge in [0, 0.05) is 36.2 Å². The number of halogens is 3. The molecule has 3 rings (SSSR count). The van der Waals surface area contributed by atoms with E-state index in [1.165, 1.54) is 5.57 Å². The van der Waals surface area contributed by atoms with Crippen molar-refractivity contribution in [2.45, 2.75) is 53.8 Å². The van der Waals surface area contributed by atoms with Gasteiger partial charge in [-0.25, -0.2) is 9.98 Å². The standard InChI is InChI=1S/C18H23N3.C14H18F3N3O2/c1-6-7-12-20-17-10-9-16(13-15(17)4)21-18(19-5)11-8-14(2)3;1-9-3-4-11(10(2)21)13(18-9)19-5-6-20(12(22)7-19)8-14(15,16)17/h6-13,21H,5H2,1-4H3;3-4,10,21H,5-8H2,1-2H3/b7-6-,18-11+,20-12?;. The molecule has 2 N–H and O–H groups in total. The molecule has 0 spiro atoms. The predicted octanol–water partition coefficient (Wildman–Crippen LogP) is 6.85. The lowest BCUT2D eigenvalue weighted by atomic mass is 10.1. The molecule has 1 fully saturated rings. The molecule has 8 nitrogen and oxygen atoms in total. The number of pyridine rings is 1. The first-order valence-electron chi connectivity index (χ1n) is 13.8. The lowest BCUT2D eigenvalue weighted by Crippen LogP contribution is -2.53. The molecule has 2 heterocycles. The van der Waals surface area contributed by atoms with Crippen molar-refractivity contribution in [1.29, 1.82) is 0 Å². The minimum absolute atomic E-state index is 0.0206. The second kappa shape index (κ2) is 16.4. The van der Waals surface area contributed by atoms with Crippen LogP contribution in [0.15, 0.2) is 76.0 Å². The van der Waals surface area contributed by atoms with Gasteiger partial charge in [-0.05, 0) is 90.2 Å². The van der Waals surface area contributed by atoms with Gasteiger partial charge in [-0.15, -0.1) is 0 Å². The van der Waals surface area contributed by atoms with E-state index in [0.29, 0.717) is 17.1 Å². The number of hydrogen-bond donors (Lipinski definition) is 2. The van der Waals surface area contributed by atoms with Crippen LogP contribution in [0.2, 0.25) is 0 Å². The van der Waals surface area contributed by atoms with E-state index in [4.69, 9.17) is 0 Å². The van der Waals surface area contributed by atoms with Crippen LogP contribution in [0, 0.1) is 13.8 Å². The number of aryl methyl sites for hydroxylation is 2. The molecule has 232 valence electrons. The van der Waals surface area contributed by atoms with Crippen molar-refractivity contribution in [1.82, 2.24) is 9.88 Å². The van der Waals surface area contributed by atoms with Crippen molar-refractivity contribution < 1.29 is 23.1 Å². The van der Waals surface area contributed by atoms with Crippen molar-refractivity contribution in [3.05, 3.63) is 82.9 Å². The van der Waals surface area contributed by atoms with Crippen molar-refractivity contribution in [2.24, 2.45) is 9.98 Å². The first-order chi connectivity index (χ1) is 20.2. The Hall–Kier alpha value is -4.25. The highest BCUT2D eigenvalue weighted by Crippen LogP contribution is 2.27. The van der Waals surface area contributed by atoms with Gasteiger partial charge in [0.1, 0.15) is 18.2 Å². The van der Waals surface area contributed by atoms with Crippen LogP contribution in [0.1, 0.15) is 50.6 Å². The number of aliphatic hydroxyl groups excluding tert-OH is 1. The van der Waals surface area contributed by atoms with Gasteiger partial charge in [-0.1, -0.05) is 23.8 Å². The Labute approximate surface area is 252 Å². The molecule has 1 atom stereocenters. The van der Waals surface area contributed by atoms with Crippen molar-refractivity contribution >= 4 is 36.0 Å². The third kappa shape index (κ3) is 11.9. The van der Waals surface area contributed by atoms with Gasteiger partial charge in [0.2, 0.25) is 5.91 Å². The highest BCUT2D eigenvalue weighted by molar-refractivity contribution is 5.83. The van der Waals surface area contributed by atoms with Crippen LogP contribution in [0.3, 0.4) is 0 Å². The zero-order valence-electron chi connectivity index (χ0n) is 25.6. The molecule has 0 bridgehead atoms. The van der Waals surface area contributed by atoms with Crippen molar-refractivity contribution in [3.8, 4) is 0 Å². The average molecular weight is 599 g/mol. The fraction of sp³-hybridized carbons (Fsp3) is 0.375. The Morgan fingerprint density at radius 1 is 1.19 bits per heavy atom. The summed E-state index contributed by atoms with van der Waals surface area (Å²) in [5.41, 5.74) is 5.51. The van der Waals surface area contributed by atoms with E-state index in [2.05, 4.69) is 27.0 Å². The summed E-state index contributed by atoms with van der Waals surface area (Å²) < 4.78 is 37.2. The molecular formula is C32H41F3N6O2. The van der Waals surface area contributed by atoms with E-state index in [9.17, 15) is 23.1 Å². The Bertz CT molecular complexity index is 1380. The van der Waals surface area contributed by atoms with Gasteiger partial charge < -0.3 is 20.2 Å². The largest absolute Gasteiger partial charge is 0.406 e. The van der Waals surface area contributed by atoms with Crippen LogP contribution in [0.5, 0.6) is 0 Å². The molecule has 0 radical (unpaired) electrons. The second-order valence-electron chi connectivity index (χ2n) is 10.3. The number of allylic oxidation sites excluding steroid dienone is 5. The minimum atomic E-state index is -4.40. The molecule has 1 aromatic carbocycles. The van der Waals surface area contributed by atoms with Gasteiger partial charge in [0.05, 0.1) is 18.3 Å². The van der Waals surface area contributed by atoms with E-state index >= 15 is 0 Å². The maximum Gasteiger partial charge on any atom is 0.406 e. The third-order valence-electron chi connectivity index (χ3n) is 6.19. The van der Waals surface area contributed by atoms with Crippen LogP contribution < -0.4 is 10.2 Å².